The van der Waals surface area contributed by atoms with E-state index in [0.29, 0.717) is 24.7 Å². The zero-order valence-corrected chi connectivity index (χ0v) is 14.3. The molecule has 23 heavy (non-hydrogen) atoms. The van der Waals surface area contributed by atoms with E-state index < -0.39 is 17.9 Å². The summed E-state index contributed by atoms with van der Waals surface area (Å²) in [5.74, 6) is -0.897. The molecule has 7 heteroatoms. The maximum absolute atomic E-state index is 12.1. The lowest BCUT2D eigenvalue weighted by atomic mass is 10.1. The van der Waals surface area contributed by atoms with E-state index in [1.807, 2.05) is 13.8 Å². The van der Waals surface area contributed by atoms with Crippen LogP contribution in [0.2, 0.25) is 5.02 Å². The van der Waals surface area contributed by atoms with Crippen LogP contribution in [0.1, 0.15) is 44.0 Å². The summed E-state index contributed by atoms with van der Waals surface area (Å²) in [5, 5.41) is 11.5. The molecule has 1 unspecified atom stereocenters. The second-order valence-corrected chi connectivity index (χ2v) is 5.36. The summed E-state index contributed by atoms with van der Waals surface area (Å²) in [6.45, 7) is 6.12. The van der Waals surface area contributed by atoms with Crippen molar-refractivity contribution in [2.75, 3.05) is 13.2 Å². The number of carbonyl (C=O) groups is 2. The second-order valence-electron chi connectivity index (χ2n) is 4.95. The lowest BCUT2D eigenvalue weighted by Crippen LogP contribution is -2.38. The molecule has 2 N–H and O–H groups in total. The average Bonchev–Trinajstić information content (AvgIpc) is 2.49. The van der Waals surface area contributed by atoms with Gasteiger partial charge in [-0.05, 0) is 32.4 Å². The van der Waals surface area contributed by atoms with Crippen LogP contribution in [0.5, 0.6) is 11.5 Å². The van der Waals surface area contributed by atoms with Gasteiger partial charge in [0, 0.05) is 5.56 Å². The van der Waals surface area contributed by atoms with Crippen LogP contribution in [0.15, 0.2) is 12.1 Å². The fraction of sp³-hybridized carbons (Fsp3) is 0.500. The first-order valence-electron chi connectivity index (χ1n) is 7.53. The van der Waals surface area contributed by atoms with Crippen molar-refractivity contribution in [1.29, 1.82) is 0 Å². The molecule has 6 nitrogen and oxygen atoms in total. The van der Waals surface area contributed by atoms with Gasteiger partial charge in [-0.15, -0.1) is 0 Å². The van der Waals surface area contributed by atoms with Crippen molar-refractivity contribution in [1.82, 2.24) is 5.32 Å². The number of rotatable bonds is 9. The Morgan fingerprint density at radius 1 is 1.30 bits per heavy atom. The number of halogens is 1. The van der Waals surface area contributed by atoms with Crippen LogP contribution in [0.25, 0.3) is 0 Å². The third-order valence-electron chi connectivity index (χ3n) is 3.03. The van der Waals surface area contributed by atoms with E-state index >= 15 is 0 Å². The van der Waals surface area contributed by atoms with E-state index in [1.54, 1.807) is 0 Å². The third-order valence-corrected chi connectivity index (χ3v) is 3.31. The lowest BCUT2D eigenvalue weighted by Gasteiger charge is -2.16. The molecular weight excluding hydrogens is 322 g/mol. The van der Waals surface area contributed by atoms with Gasteiger partial charge in [0.15, 0.2) is 11.5 Å². The molecule has 0 aromatic heterocycles. The second kappa shape index (κ2) is 9.25. The number of hydrogen-bond donors (Lipinski definition) is 2. The molecular formula is C16H22ClNO5. The van der Waals surface area contributed by atoms with Gasteiger partial charge in [-0.2, -0.15) is 0 Å². The summed E-state index contributed by atoms with van der Waals surface area (Å²) < 4.78 is 11.1. The Hall–Kier alpha value is -1.95. The Morgan fingerprint density at radius 2 is 2.00 bits per heavy atom. The van der Waals surface area contributed by atoms with Gasteiger partial charge in [-0.1, -0.05) is 24.9 Å². The van der Waals surface area contributed by atoms with Crippen LogP contribution in [0.3, 0.4) is 0 Å². The van der Waals surface area contributed by atoms with Crippen molar-refractivity contribution in [3.63, 3.8) is 0 Å². The van der Waals surface area contributed by atoms with Gasteiger partial charge >= 0.3 is 5.97 Å². The largest absolute Gasteiger partial charge is 0.490 e. The predicted molar refractivity (Wildman–Crippen MR) is 87.6 cm³/mol. The molecule has 1 aromatic carbocycles. The summed E-state index contributed by atoms with van der Waals surface area (Å²) in [6, 6.07) is 1.94. The number of carboxylic acid groups (broad SMARTS) is 1. The number of carbonyl (C=O) groups excluding carboxylic acids is 1. The van der Waals surface area contributed by atoms with E-state index in [9.17, 15) is 9.59 Å². The van der Waals surface area contributed by atoms with E-state index in [1.165, 1.54) is 19.1 Å². The lowest BCUT2D eigenvalue weighted by molar-refractivity contribution is -0.138. The number of unbranched alkanes of at least 4 members (excludes halogenated alkanes) is 1. The van der Waals surface area contributed by atoms with Gasteiger partial charge in [-0.3, -0.25) is 9.59 Å². The van der Waals surface area contributed by atoms with Crippen molar-refractivity contribution in [2.45, 2.75) is 39.7 Å². The predicted octanol–water partition coefficient (Wildman–Crippen LogP) is 3.12. The van der Waals surface area contributed by atoms with Gasteiger partial charge in [-0.25, -0.2) is 0 Å². The fourth-order valence-corrected chi connectivity index (χ4v) is 2.03. The number of benzene rings is 1. The molecule has 0 spiro atoms. The van der Waals surface area contributed by atoms with E-state index in [4.69, 9.17) is 26.2 Å². The van der Waals surface area contributed by atoms with Gasteiger partial charge in [0.25, 0.3) is 5.91 Å². The molecule has 0 aliphatic carbocycles. The topological polar surface area (TPSA) is 84.9 Å². The SMILES string of the molecule is CCCCOc1c(Cl)cc(C(=O)NC(C)C(=O)O)cc1OCC. The standard InChI is InChI=1S/C16H22ClNO5/c1-4-6-7-23-14-12(17)8-11(9-13(14)22-5-2)15(19)18-10(3)16(20)21/h8-10H,4-7H2,1-3H3,(H,18,19)(H,20,21). The minimum Gasteiger partial charge on any atom is -0.490 e. The first-order chi connectivity index (χ1) is 10.9. The number of hydrogen-bond acceptors (Lipinski definition) is 4. The quantitative estimate of drug-likeness (QED) is 0.673. The summed E-state index contributed by atoms with van der Waals surface area (Å²) in [4.78, 5) is 22.9. The molecule has 0 saturated carbocycles. The summed E-state index contributed by atoms with van der Waals surface area (Å²) in [5.41, 5.74) is 0.217. The highest BCUT2D eigenvalue weighted by molar-refractivity contribution is 6.32. The first-order valence-corrected chi connectivity index (χ1v) is 7.91. The number of aliphatic carboxylic acids is 1. The van der Waals surface area contributed by atoms with Crippen molar-refractivity contribution in [3.8, 4) is 11.5 Å². The average molecular weight is 344 g/mol. The highest BCUT2D eigenvalue weighted by Gasteiger charge is 2.19. The monoisotopic (exact) mass is 343 g/mol. The normalized spacial score (nSPS) is 11.7. The molecule has 0 saturated heterocycles. The van der Waals surface area contributed by atoms with Crippen LogP contribution in [0.4, 0.5) is 0 Å². The van der Waals surface area contributed by atoms with Crippen molar-refractivity contribution in [2.24, 2.45) is 0 Å². The molecule has 128 valence electrons. The van der Waals surface area contributed by atoms with E-state index in [0.717, 1.165) is 12.8 Å². The molecule has 0 aliphatic heterocycles. The highest BCUT2D eigenvalue weighted by Crippen LogP contribution is 2.36. The van der Waals surface area contributed by atoms with Crippen LogP contribution < -0.4 is 14.8 Å². The Morgan fingerprint density at radius 3 is 2.57 bits per heavy atom. The van der Waals surface area contributed by atoms with Crippen LogP contribution in [-0.4, -0.2) is 36.2 Å². The van der Waals surface area contributed by atoms with Crippen molar-refractivity contribution in [3.05, 3.63) is 22.7 Å². The maximum Gasteiger partial charge on any atom is 0.325 e. The minimum absolute atomic E-state index is 0.217. The maximum atomic E-state index is 12.1. The molecule has 0 fully saturated rings. The Balaban J connectivity index is 3.02. The summed E-state index contributed by atoms with van der Waals surface area (Å²) in [7, 11) is 0. The smallest absolute Gasteiger partial charge is 0.325 e. The first kappa shape index (κ1) is 19.1. The summed E-state index contributed by atoms with van der Waals surface area (Å²) >= 11 is 6.19. The fourth-order valence-electron chi connectivity index (χ4n) is 1.76. The zero-order valence-electron chi connectivity index (χ0n) is 13.5. The van der Waals surface area contributed by atoms with Gasteiger partial charge < -0.3 is 19.9 Å². The van der Waals surface area contributed by atoms with E-state index in [-0.39, 0.29) is 10.6 Å². The van der Waals surface area contributed by atoms with Crippen molar-refractivity contribution < 1.29 is 24.2 Å². The molecule has 0 aliphatic rings. The number of carboxylic acids is 1. The third kappa shape index (κ3) is 5.63. The van der Waals surface area contributed by atoms with Gasteiger partial charge in [0.05, 0.1) is 18.2 Å². The number of nitrogens with one attached hydrogen (secondary N) is 1. The zero-order chi connectivity index (χ0) is 17.4. The molecule has 1 aromatic rings. The molecule has 1 atom stereocenters. The highest BCUT2D eigenvalue weighted by atomic mass is 35.5. The molecule has 0 radical (unpaired) electrons. The van der Waals surface area contributed by atoms with Crippen LogP contribution in [-0.2, 0) is 4.79 Å². The Bertz CT molecular complexity index is 562. The molecule has 1 amide bonds. The molecule has 1 rings (SSSR count). The summed E-state index contributed by atoms with van der Waals surface area (Å²) in [6.07, 6.45) is 1.86. The van der Waals surface area contributed by atoms with Crippen LogP contribution in [0, 0.1) is 0 Å². The minimum atomic E-state index is -1.12. The molecule has 0 heterocycles. The van der Waals surface area contributed by atoms with E-state index in [2.05, 4.69) is 5.32 Å². The van der Waals surface area contributed by atoms with Gasteiger partial charge in [0.1, 0.15) is 6.04 Å². The Labute approximate surface area is 140 Å². The Kier molecular flexibility index (Phi) is 7.68. The number of ether oxygens (including phenoxy) is 2. The van der Waals surface area contributed by atoms with Gasteiger partial charge in [0.2, 0.25) is 0 Å². The van der Waals surface area contributed by atoms with Crippen LogP contribution >= 0.6 is 11.6 Å². The number of amides is 1. The molecule has 0 bridgehead atoms. The van der Waals surface area contributed by atoms with Crippen molar-refractivity contribution >= 4 is 23.5 Å².